The van der Waals surface area contributed by atoms with Gasteiger partial charge in [-0.15, -0.1) is 0 Å². The molecule has 8 rings (SSSR count). The van der Waals surface area contributed by atoms with E-state index in [0.29, 0.717) is 23.6 Å². The van der Waals surface area contributed by atoms with Crippen LogP contribution in [0, 0.1) is 5.41 Å². The van der Waals surface area contributed by atoms with Gasteiger partial charge in [-0.25, -0.2) is 0 Å². The zero-order valence-electron chi connectivity index (χ0n) is 22.9. The number of halogens is 1. The molecule has 42 heavy (non-hydrogen) atoms. The Morgan fingerprint density at radius 1 is 0.881 bits per heavy atom. The molecule has 208 valence electrons. The third kappa shape index (κ3) is 3.19. The van der Waals surface area contributed by atoms with Crippen LogP contribution in [-0.2, 0) is 16.8 Å². The number of ketones is 1. The Balaban J connectivity index is 1.45. The number of aromatic nitrogens is 1. The summed E-state index contributed by atoms with van der Waals surface area (Å²) in [6, 6.07) is 31.2. The summed E-state index contributed by atoms with van der Waals surface area (Å²) in [4.78, 5) is 33.3. The normalized spacial score (nSPS) is 26.0. The summed E-state index contributed by atoms with van der Waals surface area (Å²) in [5.41, 5.74) is 3.49. The minimum absolute atomic E-state index is 0.0605. The number of anilines is 1. The quantitative estimate of drug-likeness (QED) is 0.219. The Morgan fingerprint density at radius 2 is 1.64 bits per heavy atom. The average molecular weight is 574 g/mol. The van der Waals surface area contributed by atoms with Crippen molar-refractivity contribution in [2.24, 2.45) is 5.41 Å². The number of Topliss-reactive ketones (excluding diaryl/α,β-unsaturated/α-hetero) is 1. The van der Waals surface area contributed by atoms with E-state index in [-0.39, 0.29) is 23.7 Å². The lowest BCUT2D eigenvalue weighted by Crippen LogP contribution is -2.59. The zero-order valence-corrected chi connectivity index (χ0v) is 23.7. The van der Waals surface area contributed by atoms with Gasteiger partial charge in [0.25, 0.3) is 0 Å². The Morgan fingerprint density at radius 3 is 2.43 bits per heavy atom. The number of nitrogens with one attached hydrogen (secondary N) is 3. The molecule has 1 amide bonds. The highest BCUT2D eigenvalue weighted by Crippen LogP contribution is 2.67. The number of benzene rings is 4. The fourth-order valence-electron chi connectivity index (χ4n) is 8.02. The van der Waals surface area contributed by atoms with E-state index < -0.39 is 11.0 Å². The second kappa shape index (κ2) is 9.05. The summed E-state index contributed by atoms with van der Waals surface area (Å²) >= 11 is 6.39. The summed E-state index contributed by atoms with van der Waals surface area (Å²) in [6.07, 6.45) is 1.10. The highest BCUT2D eigenvalue weighted by molar-refractivity contribution is 6.31. The smallest absolute Gasteiger partial charge is 0.250 e. The first-order valence-corrected chi connectivity index (χ1v) is 14.6. The number of para-hydroxylation sites is 1. The molecule has 4 aromatic carbocycles. The van der Waals surface area contributed by atoms with Crippen molar-refractivity contribution in [2.45, 2.75) is 30.3 Å². The van der Waals surface area contributed by atoms with Crippen molar-refractivity contribution in [1.82, 2.24) is 10.3 Å². The molecule has 0 bridgehead atoms. The molecule has 3 N–H and O–H groups in total. The third-order valence-corrected chi connectivity index (χ3v) is 9.96. The fraction of sp³-hybridized carbons (Fsp3) is 0.200. The molecule has 0 radical (unpaired) electrons. The molecule has 6 nitrogen and oxygen atoms in total. The minimum Gasteiger partial charge on any atom is -0.497 e. The van der Waals surface area contributed by atoms with Gasteiger partial charge in [0, 0.05) is 39.1 Å². The summed E-state index contributed by atoms with van der Waals surface area (Å²) in [7, 11) is 1.64. The lowest BCUT2D eigenvalue weighted by atomic mass is 9.53. The van der Waals surface area contributed by atoms with Crippen LogP contribution in [0.1, 0.15) is 51.1 Å². The van der Waals surface area contributed by atoms with Crippen LogP contribution in [0.25, 0.3) is 10.9 Å². The van der Waals surface area contributed by atoms with Crippen molar-refractivity contribution in [3.8, 4) is 5.75 Å². The van der Waals surface area contributed by atoms with E-state index in [1.54, 1.807) is 7.11 Å². The first kappa shape index (κ1) is 25.3. The number of rotatable bonds is 3. The number of H-pyrrole nitrogens is 1. The maximum absolute atomic E-state index is 15.4. The van der Waals surface area contributed by atoms with E-state index >= 15 is 4.79 Å². The molecular formula is C35H28ClN3O3. The molecular weight excluding hydrogens is 546 g/mol. The van der Waals surface area contributed by atoms with Crippen LogP contribution in [0.2, 0.25) is 5.02 Å². The predicted octanol–water partition coefficient (Wildman–Crippen LogP) is 6.92. The molecule has 0 unspecified atom stereocenters. The van der Waals surface area contributed by atoms with E-state index in [4.69, 9.17) is 16.3 Å². The Bertz CT molecular complexity index is 1900. The van der Waals surface area contributed by atoms with Crippen LogP contribution in [0.15, 0.2) is 97.1 Å². The van der Waals surface area contributed by atoms with E-state index in [1.807, 2.05) is 84.9 Å². The van der Waals surface area contributed by atoms with E-state index in [2.05, 4.69) is 27.8 Å². The summed E-state index contributed by atoms with van der Waals surface area (Å²) in [5.74, 6) is 0.114. The standard InChI is InChI=1S/C35H28ClN3O3/c1-42-23-14-11-20(12-15-23)29-30(21-7-3-2-4-8-21)39-35(26-9-5-6-10-28(26)38-33(35)41)34(29)18-17-24-25-19-22(36)13-16-27(25)37-31(24)32(34)40/h2-16,19,29-30,37,39H,17-18H2,1H3,(H,38,41)/t29-,30+,34+,35-/m0/s1. The maximum atomic E-state index is 15.4. The number of fused-ring (bicyclic) bond motifs is 6. The van der Waals surface area contributed by atoms with Crippen LogP contribution >= 0.6 is 11.6 Å². The Kier molecular flexibility index (Phi) is 5.46. The van der Waals surface area contributed by atoms with Crippen LogP contribution in [0.3, 0.4) is 0 Å². The van der Waals surface area contributed by atoms with E-state index in [1.165, 1.54) is 0 Å². The van der Waals surface area contributed by atoms with Crippen LogP contribution in [-0.4, -0.2) is 23.8 Å². The van der Waals surface area contributed by atoms with Crippen LogP contribution in [0.5, 0.6) is 5.75 Å². The van der Waals surface area contributed by atoms with Gasteiger partial charge in [-0.05, 0) is 65.9 Å². The maximum Gasteiger partial charge on any atom is 0.250 e. The minimum atomic E-state index is -1.29. The third-order valence-electron chi connectivity index (χ3n) is 9.73. The fourth-order valence-corrected chi connectivity index (χ4v) is 8.19. The number of amides is 1. The number of aryl methyl sites for hydroxylation is 1. The molecule has 5 aromatic rings. The number of hydrogen-bond donors (Lipinski definition) is 3. The zero-order chi connectivity index (χ0) is 28.6. The number of aromatic amines is 1. The average Bonchev–Trinajstić information content (AvgIpc) is 3.64. The van der Waals surface area contributed by atoms with Crippen molar-refractivity contribution in [2.75, 3.05) is 12.4 Å². The van der Waals surface area contributed by atoms with Crippen molar-refractivity contribution < 1.29 is 14.3 Å². The van der Waals surface area contributed by atoms with Crippen molar-refractivity contribution >= 4 is 39.9 Å². The van der Waals surface area contributed by atoms with Gasteiger partial charge in [-0.2, -0.15) is 0 Å². The van der Waals surface area contributed by atoms with Gasteiger partial charge in [0.15, 0.2) is 5.78 Å². The molecule has 2 spiro atoms. The summed E-state index contributed by atoms with van der Waals surface area (Å²) < 4.78 is 5.49. The van der Waals surface area contributed by atoms with Crippen LogP contribution in [0.4, 0.5) is 5.69 Å². The van der Waals surface area contributed by atoms with Crippen molar-refractivity contribution in [3.05, 3.63) is 130 Å². The van der Waals surface area contributed by atoms with Crippen molar-refractivity contribution in [3.63, 3.8) is 0 Å². The number of methoxy groups -OCH3 is 1. The summed E-state index contributed by atoms with van der Waals surface area (Å²) in [5, 5.41) is 8.55. The first-order chi connectivity index (χ1) is 20.5. The molecule has 1 saturated heterocycles. The lowest BCUT2D eigenvalue weighted by Gasteiger charge is -2.46. The Hall–Kier alpha value is -4.39. The topological polar surface area (TPSA) is 83.2 Å². The molecule has 3 heterocycles. The second-order valence-electron chi connectivity index (χ2n) is 11.5. The Labute approximate surface area is 248 Å². The molecule has 0 saturated carbocycles. The van der Waals surface area contributed by atoms with Gasteiger partial charge in [-0.1, -0.05) is 72.3 Å². The van der Waals surface area contributed by atoms with Gasteiger partial charge >= 0.3 is 0 Å². The molecule has 7 heteroatoms. The first-order valence-electron chi connectivity index (χ1n) is 14.2. The van der Waals surface area contributed by atoms with Gasteiger partial charge in [0.2, 0.25) is 5.91 Å². The highest BCUT2D eigenvalue weighted by atomic mass is 35.5. The van der Waals surface area contributed by atoms with Crippen molar-refractivity contribution in [1.29, 1.82) is 0 Å². The number of hydrogen-bond acceptors (Lipinski definition) is 4. The highest BCUT2D eigenvalue weighted by Gasteiger charge is 2.74. The molecule has 2 aliphatic heterocycles. The molecule has 1 aromatic heterocycles. The SMILES string of the molecule is COc1ccc([C@H]2[C@@H](c3ccccc3)N[C@@]3(C(=O)Nc4ccccc43)[C@]23CCc2c([nH]c4ccc(Cl)cc24)C3=O)cc1. The van der Waals surface area contributed by atoms with Gasteiger partial charge < -0.3 is 15.0 Å². The van der Waals surface area contributed by atoms with Gasteiger partial charge in [0.05, 0.1) is 18.2 Å². The number of carbonyl (C=O) groups excluding carboxylic acids is 2. The van der Waals surface area contributed by atoms with Gasteiger partial charge in [0.1, 0.15) is 11.3 Å². The van der Waals surface area contributed by atoms with Gasteiger partial charge in [-0.3, -0.25) is 14.9 Å². The van der Waals surface area contributed by atoms with Crippen LogP contribution < -0.4 is 15.4 Å². The predicted molar refractivity (Wildman–Crippen MR) is 163 cm³/mol. The molecule has 3 aliphatic rings. The number of carbonyl (C=O) groups is 2. The monoisotopic (exact) mass is 573 g/mol. The second-order valence-corrected chi connectivity index (χ2v) is 11.9. The molecule has 1 aliphatic carbocycles. The van der Waals surface area contributed by atoms with E-state index in [0.717, 1.165) is 44.6 Å². The van der Waals surface area contributed by atoms with E-state index in [9.17, 15) is 4.79 Å². The molecule has 4 atom stereocenters. The largest absolute Gasteiger partial charge is 0.497 e. The number of ether oxygens (including phenoxy) is 1. The summed E-state index contributed by atoms with van der Waals surface area (Å²) in [6.45, 7) is 0. The lowest BCUT2D eigenvalue weighted by molar-refractivity contribution is -0.125. The molecule has 1 fully saturated rings.